The number of pyridine rings is 1. The number of fused-ring (bicyclic) bond motifs is 1. The number of hydrogen-bond donors (Lipinski definition) is 2. The molecule has 9 heteroatoms. The minimum Gasteiger partial charge on any atom is -0.463 e. The van der Waals surface area contributed by atoms with Crippen LogP contribution in [0.3, 0.4) is 0 Å². The van der Waals surface area contributed by atoms with Gasteiger partial charge in [0.1, 0.15) is 5.69 Å². The number of urea groups is 1. The van der Waals surface area contributed by atoms with Gasteiger partial charge in [0.05, 0.1) is 23.4 Å². The second-order valence-electron chi connectivity index (χ2n) is 8.98. The molecule has 3 aromatic heterocycles. The number of furan rings is 1. The molecule has 0 radical (unpaired) electrons. The third kappa shape index (κ3) is 4.75. The topological polar surface area (TPSA) is 105 Å². The monoisotopic (exact) mass is 472 g/mol. The molecular formula is C26H28N6O3. The van der Waals surface area contributed by atoms with Gasteiger partial charge in [0.25, 0.3) is 5.91 Å². The molecule has 1 saturated heterocycles. The lowest BCUT2D eigenvalue weighted by Gasteiger charge is -2.32. The summed E-state index contributed by atoms with van der Waals surface area (Å²) in [7, 11) is 0. The van der Waals surface area contributed by atoms with E-state index >= 15 is 0 Å². The standard InChI is InChI=1S/C26H28N6O3/c1-17(2)32-24-21(16-27-32)20(15-22(30-24)23-9-6-14-35-23)25(33)31-12-10-19(11-13-31)29-26(34)28-18-7-4-3-5-8-18/h3-9,14-17,19H,10-13H2,1-2H3,(H2,28,29,34). The van der Waals surface area contributed by atoms with E-state index in [1.54, 1.807) is 24.6 Å². The smallest absolute Gasteiger partial charge is 0.319 e. The van der Waals surface area contributed by atoms with Crippen molar-refractivity contribution in [2.75, 3.05) is 18.4 Å². The summed E-state index contributed by atoms with van der Waals surface area (Å²) in [6, 6.07) is 14.6. The summed E-state index contributed by atoms with van der Waals surface area (Å²) in [6.07, 6.45) is 4.66. The Balaban J connectivity index is 1.31. The number of likely N-dealkylation sites (tertiary alicyclic amines) is 1. The molecule has 1 aliphatic rings. The van der Waals surface area contributed by atoms with Crippen LogP contribution < -0.4 is 10.6 Å². The highest BCUT2D eigenvalue weighted by Gasteiger charge is 2.27. The number of piperidine rings is 1. The molecule has 35 heavy (non-hydrogen) atoms. The molecule has 1 aromatic carbocycles. The molecule has 0 aliphatic carbocycles. The first-order chi connectivity index (χ1) is 17.0. The number of aromatic nitrogens is 3. The van der Waals surface area contributed by atoms with E-state index < -0.39 is 0 Å². The van der Waals surface area contributed by atoms with Gasteiger partial charge in [-0.25, -0.2) is 14.5 Å². The van der Waals surface area contributed by atoms with Gasteiger partial charge in [-0.3, -0.25) is 4.79 Å². The number of amides is 3. The van der Waals surface area contributed by atoms with Gasteiger partial charge in [-0.15, -0.1) is 0 Å². The second kappa shape index (κ2) is 9.61. The van der Waals surface area contributed by atoms with Crippen LogP contribution in [0.15, 0.2) is 65.4 Å². The zero-order valence-electron chi connectivity index (χ0n) is 19.8. The molecule has 1 fully saturated rings. The fourth-order valence-corrected chi connectivity index (χ4v) is 4.39. The number of carbonyl (C=O) groups excluding carboxylic acids is 2. The highest BCUT2D eigenvalue weighted by atomic mass is 16.3. The van der Waals surface area contributed by atoms with Gasteiger partial charge >= 0.3 is 6.03 Å². The van der Waals surface area contributed by atoms with Crippen LogP contribution in [-0.2, 0) is 0 Å². The minimum atomic E-state index is -0.235. The largest absolute Gasteiger partial charge is 0.463 e. The van der Waals surface area contributed by atoms with Gasteiger partial charge in [-0.1, -0.05) is 18.2 Å². The summed E-state index contributed by atoms with van der Waals surface area (Å²) in [5.74, 6) is 0.533. The van der Waals surface area contributed by atoms with Crippen LogP contribution in [0.1, 0.15) is 43.1 Å². The number of benzene rings is 1. The number of carbonyl (C=O) groups is 2. The molecule has 3 amide bonds. The van der Waals surface area contributed by atoms with E-state index in [1.807, 2.05) is 59.8 Å². The van der Waals surface area contributed by atoms with Crippen molar-refractivity contribution in [3.63, 3.8) is 0 Å². The Hall–Kier alpha value is -4.14. The van der Waals surface area contributed by atoms with E-state index in [1.165, 1.54) is 0 Å². The summed E-state index contributed by atoms with van der Waals surface area (Å²) in [6.45, 7) is 5.16. The van der Waals surface area contributed by atoms with Crippen molar-refractivity contribution in [2.24, 2.45) is 0 Å². The third-order valence-electron chi connectivity index (χ3n) is 6.21. The molecule has 0 spiro atoms. The Kier molecular flexibility index (Phi) is 6.22. The quantitative estimate of drug-likeness (QED) is 0.438. The number of nitrogens with zero attached hydrogens (tertiary/aromatic N) is 4. The van der Waals surface area contributed by atoms with Crippen LogP contribution in [-0.4, -0.2) is 50.7 Å². The second-order valence-corrected chi connectivity index (χ2v) is 8.98. The van der Waals surface area contributed by atoms with E-state index in [4.69, 9.17) is 9.40 Å². The minimum absolute atomic E-state index is 0.00240. The van der Waals surface area contributed by atoms with Crippen molar-refractivity contribution in [2.45, 2.75) is 38.8 Å². The fraction of sp³-hybridized carbons (Fsp3) is 0.308. The maximum absolute atomic E-state index is 13.6. The summed E-state index contributed by atoms with van der Waals surface area (Å²) < 4.78 is 7.38. The summed E-state index contributed by atoms with van der Waals surface area (Å²) >= 11 is 0. The normalized spacial score (nSPS) is 14.4. The third-order valence-corrected chi connectivity index (χ3v) is 6.21. The molecule has 0 bridgehead atoms. The first-order valence-electron chi connectivity index (χ1n) is 11.8. The molecule has 0 atom stereocenters. The van der Waals surface area contributed by atoms with E-state index in [2.05, 4.69) is 15.7 Å². The van der Waals surface area contributed by atoms with Gasteiger partial charge < -0.3 is 20.0 Å². The molecule has 1 aliphatic heterocycles. The van der Waals surface area contributed by atoms with E-state index in [0.29, 0.717) is 48.6 Å². The maximum atomic E-state index is 13.6. The van der Waals surface area contributed by atoms with Crippen LogP contribution in [0.25, 0.3) is 22.5 Å². The van der Waals surface area contributed by atoms with Crippen LogP contribution in [0.2, 0.25) is 0 Å². The van der Waals surface area contributed by atoms with Crippen molar-refractivity contribution in [3.8, 4) is 11.5 Å². The molecule has 4 aromatic rings. The van der Waals surface area contributed by atoms with Crippen LogP contribution in [0, 0.1) is 0 Å². The van der Waals surface area contributed by atoms with Gasteiger partial charge in [0.15, 0.2) is 11.4 Å². The first-order valence-corrected chi connectivity index (χ1v) is 11.8. The van der Waals surface area contributed by atoms with Gasteiger partial charge in [-0.2, -0.15) is 5.10 Å². The molecule has 0 saturated carbocycles. The SMILES string of the molecule is CC(C)n1ncc2c(C(=O)N3CCC(NC(=O)Nc4ccccc4)CC3)cc(-c3ccco3)nc21. The molecule has 5 rings (SSSR count). The maximum Gasteiger partial charge on any atom is 0.319 e. The molecule has 0 unspecified atom stereocenters. The first kappa shape index (κ1) is 22.6. The Labute approximate surface area is 203 Å². The molecular weight excluding hydrogens is 444 g/mol. The lowest BCUT2D eigenvalue weighted by atomic mass is 10.0. The van der Waals surface area contributed by atoms with E-state index in [0.717, 1.165) is 11.1 Å². The highest BCUT2D eigenvalue weighted by Crippen LogP contribution is 2.28. The Bertz CT molecular complexity index is 1320. The number of anilines is 1. The van der Waals surface area contributed by atoms with E-state index in [9.17, 15) is 9.59 Å². The summed E-state index contributed by atoms with van der Waals surface area (Å²) in [5, 5.41) is 11.1. The van der Waals surface area contributed by atoms with Gasteiger partial charge in [-0.05, 0) is 57.0 Å². The van der Waals surface area contributed by atoms with Gasteiger partial charge in [0.2, 0.25) is 0 Å². The van der Waals surface area contributed by atoms with Crippen molar-refractivity contribution >= 4 is 28.7 Å². The van der Waals surface area contributed by atoms with Crippen molar-refractivity contribution in [1.29, 1.82) is 0 Å². The number of rotatable bonds is 5. The number of hydrogen-bond acceptors (Lipinski definition) is 5. The molecule has 2 N–H and O–H groups in total. The predicted octanol–water partition coefficient (Wildman–Crippen LogP) is 4.70. The summed E-state index contributed by atoms with van der Waals surface area (Å²) in [5.41, 5.74) is 2.56. The average molecular weight is 473 g/mol. The number of nitrogens with one attached hydrogen (secondary N) is 2. The van der Waals surface area contributed by atoms with Crippen LogP contribution >= 0.6 is 0 Å². The Morgan fingerprint density at radius 1 is 1.09 bits per heavy atom. The average Bonchev–Trinajstić information content (AvgIpc) is 3.54. The number of para-hydroxylation sites is 1. The van der Waals surface area contributed by atoms with E-state index in [-0.39, 0.29) is 24.0 Å². The summed E-state index contributed by atoms with van der Waals surface area (Å²) in [4.78, 5) is 32.5. The molecule has 9 nitrogen and oxygen atoms in total. The zero-order valence-corrected chi connectivity index (χ0v) is 19.8. The van der Waals surface area contributed by atoms with Crippen molar-refractivity contribution in [3.05, 3.63) is 66.6 Å². The fourth-order valence-electron chi connectivity index (χ4n) is 4.39. The van der Waals surface area contributed by atoms with Crippen molar-refractivity contribution in [1.82, 2.24) is 25.0 Å². The molecule has 4 heterocycles. The van der Waals surface area contributed by atoms with Crippen molar-refractivity contribution < 1.29 is 14.0 Å². The lowest BCUT2D eigenvalue weighted by Crippen LogP contribution is -2.47. The lowest BCUT2D eigenvalue weighted by molar-refractivity contribution is 0.0711. The highest BCUT2D eigenvalue weighted by molar-refractivity contribution is 6.06. The van der Waals surface area contributed by atoms with Crippen LogP contribution in [0.5, 0.6) is 0 Å². The molecule has 180 valence electrons. The zero-order chi connectivity index (χ0) is 24.4. The van der Waals surface area contributed by atoms with Crippen LogP contribution in [0.4, 0.5) is 10.5 Å². The Morgan fingerprint density at radius 3 is 2.54 bits per heavy atom. The Morgan fingerprint density at radius 2 is 1.86 bits per heavy atom. The predicted molar refractivity (Wildman–Crippen MR) is 133 cm³/mol. The van der Waals surface area contributed by atoms with Gasteiger partial charge in [0, 0.05) is 30.9 Å².